The van der Waals surface area contributed by atoms with Crippen LogP contribution in [0, 0.1) is 0 Å². The predicted molar refractivity (Wildman–Crippen MR) is 141 cm³/mol. The number of aromatic nitrogens is 2. The molecule has 4 aromatic rings. The maximum absolute atomic E-state index is 12.9. The van der Waals surface area contributed by atoms with Gasteiger partial charge in [-0.25, -0.2) is 26.1 Å². The lowest BCUT2D eigenvalue weighted by Crippen LogP contribution is -2.24. The number of fused-ring (bicyclic) bond motifs is 1. The molecule has 1 amide bonds. The molecular formula is C25H25N5O5S2. The third kappa shape index (κ3) is 4.82. The van der Waals surface area contributed by atoms with E-state index in [1.54, 1.807) is 35.4 Å². The summed E-state index contributed by atoms with van der Waals surface area (Å²) in [4.78, 5) is 21.0. The van der Waals surface area contributed by atoms with Gasteiger partial charge in [0.25, 0.3) is 10.0 Å². The molecule has 2 aromatic carbocycles. The minimum absolute atomic E-state index is 0.00317. The van der Waals surface area contributed by atoms with Gasteiger partial charge in [-0.15, -0.1) is 0 Å². The largest absolute Gasteiger partial charge is 0.346 e. The Kier molecular flexibility index (Phi) is 6.26. The molecule has 192 valence electrons. The predicted octanol–water partition coefficient (Wildman–Crippen LogP) is 3.41. The summed E-state index contributed by atoms with van der Waals surface area (Å²) < 4.78 is 53.9. The molecule has 2 aromatic heterocycles. The van der Waals surface area contributed by atoms with Crippen molar-refractivity contribution in [3.8, 4) is 11.1 Å². The number of hydrogen-bond acceptors (Lipinski definition) is 6. The van der Waals surface area contributed by atoms with Crippen molar-refractivity contribution in [3.05, 3.63) is 66.9 Å². The Morgan fingerprint density at radius 3 is 2.19 bits per heavy atom. The highest BCUT2D eigenvalue weighted by molar-refractivity contribution is 7.92. The fourth-order valence-electron chi connectivity index (χ4n) is 4.01. The molecule has 0 bridgehead atoms. The molecule has 0 atom stereocenters. The Morgan fingerprint density at radius 2 is 1.59 bits per heavy atom. The number of anilines is 2. The van der Waals surface area contributed by atoms with Crippen molar-refractivity contribution in [3.63, 3.8) is 0 Å². The minimum Gasteiger partial charge on any atom is -0.346 e. The van der Waals surface area contributed by atoms with E-state index in [1.165, 1.54) is 38.4 Å². The first-order chi connectivity index (χ1) is 17.6. The van der Waals surface area contributed by atoms with Gasteiger partial charge in [-0.2, -0.15) is 0 Å². The topological polar surface area (TPSA) is 133 Å². The van der Waals surface area contributed by atoms with Crippen LogP contribution in [0.15, 0.2) is 76.7 Å². The summed E-state index contributed by atoms with van der Waals surface area (Å²) in [6, 6.07) is 15.9. The van der Waals surface area contributed by atoms with Crippen LogP contribution < -0.4 is 9.62 Å². The van der Waals surface area contributed by atoms with E-state index in [9.17, 15) is 21.6 Å². The Hall–Kier alpha value is -3.74. The number of nitrogens with zero attached hydrogens (tertiary/aromatic N) is 3. The second kappa shape index (κ2) is 9.29. The number of rotatable bonds is 9. The Balaban J connectivity index is 1.41. The van der Waals surface area contributed by atoms with Crippen molar-refractivity contribution in [2.24, 2.45) is 0 Å². The number of hydrogen-bond donors (Lipinski definition) is 2. The van der Waals surface area contributed by atoms with Crippen LogP contribution in [0.1, 0.15) is 12.8 Å². The average Bonchev–Trinajstić information content (AvgIpc) is 3.59. The zero-order valence-electron chi connectivity index (χ0n) is 20.1. The van der Waals surface area contributed by atoms with Gasteiger partial charge in [-0.05, 0) is 72.5 Å². The van der Waals surface area contributed by atoms with Crippen LogP contribution in [-0.4, -0.2) is 57.7 Å². The third-order valence-corrected chi connectivity index (χ3v) is 9.42. The number of pyridine rings is 1. The van der Waals surface area contributed by atoms with E-state index < -0.39 is 20.0 Å². The third-order valence-electron chi connectivity index (χ3n) is 6.19. The molecule has 2 N–H and O–H groups in total. The number of carbonyl (C=O) groups is 1. The first-order valence-corrected chi connectivity index (χ1v) is 14.4. The molecule has 0 aliphatic heterocycles. The van der Waals surface area contributed by atoms with Gasteiger partial charge in [0, 0.05) is 37.4 Å². The van der Waals surface area contributed by atoms with Gasteiger partial charge >= 0.3 is 0 Å². The summed E-state index contributed by atoms with van der Waals surface area (Å²) in [6.45, 7) is 0. The van der Waals surface area contributed by atoms with Crippen LogP contribution in [0.5, 0.6) is 0 Å². The summed E-state index contributed by atoms with van der Waals surface area (Å²) in [6.07, 6.45) is 4.48. The molecule has 0 radical (unpaired) electrons. The van der Waals surface area contributed by atoms with E-state index >= 15 is 0 Å². The minimum atomic E-state index is -3.94. The van der Waals surface area contributed by atoms with Crippen LogP contribution >= 0.6 is 0 Å². The van der Waals surface area contributed by atoms with Gasteiger partial charge in [-0.1, -0.05) is 12.1 Å². The SMILES string of the molecule is CN(C)S(=O)(=O)c1ccc(S(=O)(=O)Nc2ccc(-c3cc(N(C=O)C4CC4)nc4[nH]ccc34)cc2)cc1. The summed E-state index contributed by atoms with van der Waals surface area (Å²) in [5.41, 5.74) is 2.70. The number of nitrogens with one attached hydrogen (secondary N) is 2. The van der Waals surface area contributed by atoms with E-state index in [1.807, 2.05) is 12.1 Å². The summed E-state index contributed by atoms with van der Waals surface area (Å²) >= 11 is 0. The number of H-pyrrole nitrogens is 1. The van der Waals surface area contributed by atoms with E-state index in [4.69, 9.17) is 0 Å². The van der Waals surface area contributed by atoms with Crippen LogP contribution in [0.25, 0.3) is 22.2 Å². The van der Waals surface area contributed by atoms with Crippen molar-refractivity contribution < 1.29 is 21.6 Å². The van der Waals surface area contributed by atoms with Crippen LogP contribution in [0.3, 0.4) is 0 Å². The Morgan fingerprint density at radius 1 is 0.946 bits per heavy atom. The van der Waals surface area contributed by atoms with Crippen LogP contribution in [0.2, 0.25) is 0 Å². The zero-order chi connectivity index (χ0) is 26.4. The first kappa shape index (κ1) is 24.9. The lowest BCUT2D eigenvalue weighted by atomic mass is 10.0. The Labute approximate surface area is 215 Å². The van der Waals surface area contributed by atoms with Crippen LogP contribution in [-0.2, 0) is 24.8 Å². The molecule has 1 aliphatic carbocycles. The quantitative estimate of drug-likeness (QED) is 0.313. The molecule has 0 saturated heterocycles. The number of carbonyl (C=O) groups excluding carboxylic acids is 1. The number of sulfonamides is 2. The molecule has 12 heteroatoms. The maximum Gasteiger partial charge on any atom is 0.261 e. The second-order valence-corrected chi connectivity index (χ2v) is 12.8. The highest BCUT2D eigenvalue weighted by Gasteiger charge is 2.30. The Bertz CT molecular complexity index is 1680. The molecule has 5 rings (SSSR count). The molecular weight excluding hydrogens is 514 g/mol. The lowest BCUT2D eigenvalue weighted by Gasteiger charge is -2.17. The van der Waals surface area contributed by atoms with Crippen molar-refractivity contribution >= 4 is 49.0 Å². The number of benzene rings is 2. The monoisotopic (exact) mass is 539 g/mol. The van der Waals surface area contributed by atoms with Gasteiger partial charge in [0.05, 0.1) is 9.79 Å². The van der Waals surface area contributed by atoms with Gasteiger partial charge in [-0.3, -0.25) is 14.4 Å². The number of amides is 1. The molecule has 37 heavy (non-hydrogen) atoms. The van der Waals surface area contributed by atoms with E-state index in [0.717, 1.165) is 40.1 Å². The van der Waals surface area contributed by atoms with Gasteiger partial charge in [0.1, 0.15) is 11.5 Å². The standard InChI is InChI=1S/C25H25N5O5S2/c1-29(2)37(34,35)21-11-9-20(10-12-21)36(32,33)28-18-5-3-17(4-6-18)23-15-24(30(16-31)19-7-8-19)27-25-22(23)13-14-26-25/h3-6,9-16,19,28H,7-8H2,1-2H3,(H,26,27). The summed E-state index contributed by atoms with van der Waals surface area (Å²) in [7, 11) is -4.79. The van der Waals surface area contributed by atoms with Crippen molar-refractivity contribution in [1.29, 1.82) is 0 Å². The van der Waals surface area contributed by atoms with E-state index in [2.05, 4.69) is 14.7 Å². The van der Waals surface area contributed by atoms with Crippen molar-refractivity contribution in [2.75, 3.05) is 23.7 Å². The molecule has 1 aliphatic rings. The summed E-state index contributed by atoms with van der Waals surface area (Å²) in [5, 5.41) is 0.881. The normalized spacial score (nSPS) is 14.1. The number of aromatic amines is 1. The molecule has 2 heterocycles. The first-order valence-electron chi connectivity index (χ1n) is 11.5. The lowest BCUT2D eigenvalue weighted by molar-refractivity contribution is -0.107. The molecule has 1 fully saturated rings. The van der Waals surface area contributed by atoms with E-state index in [-0.39, 0.29) is 15.8 Å². The highest BCUT2D eigenvalue weighted by Crippen LogP contribution is 2.35. The van der Waals surface area contributed by atoms with Crippen molar-refractivity contribution in [2.45, 2.75) is 28.7 Å². The van der Waals surface area contributed by atoms with Gasteiger partial charge in [0.2, 0.25) is 16.4 Å². The molecule has 10 nitrogen and oxygen atoms in total. The molecule has 0 spiro atoms. The van der Waals surface area contributed by atoms with Gasteiger partial charge in [0.15, 0.2) is 0 Å². The van der Waals surface area contributed by atoms with Crippen molar-refractivity contribution in [1.82, 2.24) is 14.3 Å². The molecule has 1 saturated carbocycles. The molecule has 0 unspecified atom stereocenters. The maximum atomic E-state index is 12.9. The fourth-order valence-corrected chi connectivity index (χ4v) is 5.97. The smallest absolute Gasteiger partial charge is 0.261 e. The van der Waals surface area contributed by atoms with E-state index in [0.29, 0.717) is 17.2 Å². The zero-order valence-corrected chi connectivity index (χ0v) is 21.8. The summed E-state index contributed by atoms with van der Waals surface area (Å²) in [5.74, 6) is 0.562. The fraction of sp³-hybridized carbons (Fsp3) is 0.200. The van der Waals surface area contributed by atoms with Gasteiger partial charge < -0.3 is 4.98 Å². The second-order valence-electron chi connectivity index (χ2n) is 8.95. The average molecular weight is 540 g/mol. The van der Waals surface area contributed by atoms with Crippen LogP contribution in [0.4, 0.5) is 11.5 Å². The highest BCUT2D eigenvalue weighted by atomic mass is 32.2.